The Morgan fingerprint density at radius 3 is 2.76 bits per heavy atom. The van der Waals surface area contributed by atoms with Crippen molar-refractivity contribution in [1.29, 1.82) is 0 Å². The largest absolute Gasteiger partial charge is 0.364 e. The number of thiazole rings is 1. The Morgan fingerprint density at radius 1 is 1.19 bits per heavy atom. The van der Waals surface area contributed by atoms with Crippen LogP contribution in [-0.4, -0.2) is 29.0 Å². The molecule has 7 heteroatoms. The van der Waals surface area contributed by atoms with Gasteiger partial charge in [-0.3, -0.25) is 0 Å². The van der Waals surface area contributed by atoms with E-state index in [4.69, 9.17) is 0 Å². The van der Waals surface area contributed by atoms with Crippen LogP contribution in [-0.2, 0) is 13.0 Å². The molecular formula is C14H17N5S2. The normalized spacial score (nSPS) is 11.0. The molecule has 0 saturated carbocycles. The van der Waals surface area contributed by atoms with Crippen molar-refractivity contribution in [3.8, 4) is 0 Å². The third kappa shape index (κ3) is 2.98. The molecule has 21 heavy (non-hydrogen) atoms. The molecule has 0 saturated heterocycles. The van der Waals surface area contributed by atoms with Crippen LogP contribution in [0.5, 0.6) is 0 Å². The van der Waals surface area contributed by atoms with Crippen molar-refractivity contribution in [3.63, 3.8) is 0 Å². The summed E-state index contributed by atoms with van der Waals surface area (Å²) in [5, 5.41) is 9.63. The van der Waals surface area contributed by atoms with E-state index in [1.54, 1.807) is 22.7 Å². The van der Waals surface area contributed by atoms with Gasteiger partial charge in [-0.1, -0.05) is 6.92 Å². The van der Waals surface area contributed by atoms with E-state index < -0.39 is 0 Å². The summed E-state index contributed by atoms with van der Waals surface area (Å²) in [6, 6.07) is 2.06. The van der Waals surface area contributed by atoms with E-state index in [0.717, 1.165) is 39.1 Å². The summed E-state index contributed by atoms with van der Waals surface area (Å²) in [4.78, 5) is 16.8. The lowest BCUT2D eigenvalue weighted by molar-refractivity contribution is 0.951. The standard InChI is InChI=1S/C14H17N5S2/c1-4-11-17-12(10-5-6-20-13(10)18-11)15-7-9-8-21-14(16-9)19(2)3/h5-6,8H,4,7H2,1-3H3,(H,15,17,18). The predicted octanol–water partition coefficient (Wildman–Crippen LogP) is 3.39. The second-order valence-electron chi connectivity index (χ2n) is 4.85. The molecule has 0 aromatic carbocycles. The zero-order chi connectivity index (χ0) is 14.8. The van der Waals surface area contributed by atoms with Gasteiger partial charge in [-0.15, -0.1) is 22.7 Å². The van der Waals surface area contributed by atoms with E-state index in [9.17, 15) is 0 Å². The minimum absolute atomic E-state index is 0.676. The zero-order valence-electron chi connectivity index (χ0n) is 12.3. The first-order valence-corrected chi connectivity index (χ1v) is 8.53. The lowest BCUT2D eigenvalue weighted by atomic mass is 10.3. The summed E-state index contributed by atoms with van der Waals surface area (Å²) in [5.74, 6) is 1.78. The van der Waals surface area contributed by atoms with Gasteiger partial charge >= 0.3 is 0 Å². The van der Waals surface area contributed by atoms with Gasteiger partial charge in [0.15, 0.2) is 5.13 Å². The number of nitrogens with zero attached hydrogens (tertiary/aromatic N) is 4. The maximum atomic E-state index is 4.60. The fraction of sp³-hybridized carbons (Fsp3) is 0.357. The van der Waals surface area contributed by atoms with Gasteiger partial charge in [-0.2, -0.15) is 0 Å². The molecule has 3 heterocycles. The summed E-state index contributed by atoms with van der Waals surface area (Å²) < 4.78 is 0. The van der Waals surface area contributed by atoms with Crippen molar-refractivity contribution in [2.45, 2.75) is 19.9 Å². The van der Waals surface area contributed by atoms with Crippen LogP contribution in [0.3, 0.4) is 0 Å². The van der Waals surface area contributed by atoms with Crippen LogP contribution >= 0.6 is 22.7 Å². The van der Waals surface area contributed by atoms with Crippen molar-refractivity contribution < 1.29 is 0 Å². The maximum absolute atomic E-state index is 4.60. The van der Waals surface area contributed by atoms with E-state index in [-0.39, 0.29) is 0 Å². The first kappa shape index (κ1) is 14.2. The first-order valence-electron chi connectivity index (χ1n) is 6.77. The molecule has 0 fully saturated rings. The summed E-state index contributed by atoms with van der Waals surface area (Å²) in [6.45, 7) is 2.75. The van der Waals surface area contributed by atoms with Gasteiger partial charge in [0.05, 0.1) is 17.6 Å². The van der Waals surface area contributed by atoms with Gasteiger partial charge in [-0.25, -0.2) is 15.0 Å². The lowest BCUT2D eigenvalue weighted by Crippen LogP contribution is -2.09. The van der Waals surface area contributed by atoms with Crippen LogP contribution < -0.4 is 10.2 Å². The second-order valence-corrected chi connectivity index (χ2v) is 6.58. The molecule has 5 nitrogen and oxygen atoms in total. The van der Waals surface area contributed by atoms with Crippen molar-refractivity contribution in [3.05, 3.63) is 28.3 Å². The van der Waals surface area contributed by atoms with Crippen LogP contribution in [0.2, 0.25) is 0 Å². The van der Waals surface area contributed by atoms with E-state index in [1.165, 1.54) is 0 Å². The van der Waals surface area contributed by atoms with Crippen molar-refractivity contribution >= 4 is 43.8 Å². The van der Waals surface area contributed by atoms with Crippen LogP contribution in [0.25, 0.3) is 10.2 Å². The molecule has 3 aromatic rings. The Morgan fingerprint density at radius 2 is 2.05 bits per heavy atom. The van der Waals surface area contributed by atoms with E-state index in [1.807, 2.05) is 19.0 Å². The molecule has 0 amide bonds. The zero-order valence-corrected chi connectivity index (χ0v) is 13.9. The molecule has 3 aromatic heterocycles. The topological polar surface area (TPSA) is 53.9 Å². The number of hydrogen-bond donors (Lipinski definition) is 1. The van der Waals surface area contributed by atoms with Gasteiger partial charge in [-0.05, 0) is 11.4 Å². The number of anilines is 2. The Bertz CT molecular complexity index is 747. The number of aryl methyl sites for hydroxylation is 1. The molecular weight excluding hydrogens is 302 g/mol. The third-order valence-corrected chi connectivity index (χ3v) is 4.91. The summed E-state index contributed by atoms with van der Waals surface area (Å²) in [7, 11) is 4.01. The Labute approximate surface area is 131 Å². The number of thiophene rings is 1. The first-order chi connectivity index (χ1) is 10.2. The molecule has 0 bridgehead atoms. The second kappa shape index (κ2) is 5.95. The lowest BCUT2D eigenvalue weighted by Gasteiger charge is -2.08. The van der Waals surface area contributed by atoms with Gasteiger partial charge in [0, 0.05) is 25.9 Å². The fourth-order valence-electron chi connectivity index (χ4n) is 1.95. The maximum Gasteiger partial charge on any atom is 0.185 e. The summed E-state index contributed by atoms with van der Waals surface area (Å²) in [5.41, 5.74) is 1.03. The van der Waals surface area contributed by atoms with Crippen molar-refractivity contribution in [2.75, 3.05) is 24.3 Å². The van der Waals surface area contributed by atoms with Crippen LogP contribution in [0.15, 0.2) is 16.8 Å². The van der Waals surface area contributed by atoms with Crippen LogP contribution in [0, 0.1) is 0 Å². The minimum Gasteiger partial charge on any atom is -0.364 e. The molecule has 0 aliphatic rings. The molecule has 110 valence electrons. The monoisotopic (exact) mass is 319 g/mol. The van der Waals surface area contributed by atoms with E-state index in [2.05, 4.69) is 44.0 Å². The highest BCUT2D eigenvalue weighted by Gasteiger charge is 2.09. The van der Waals surface area contributed by atoms with Crippen molar-refractivity contribution in [2.24, 2.45) is 0 Å². The quantitative estimate of drug-likeness (QED) is 0.781. The third-order valence-electron chi connectivity index (χ3n) is 3.05. The molecule has 0 radical (unpaired) electrons. The molecule has 0 aliphatic heterocycles. The summed E-state index contributed by atoms with van der Waals surface area (Å²) >= 11 is 3.30. The van der Waals surface area contributed by atoms with Gasteiger partial charge in [0.1, 0.15) is 16.5 Å². The van der Waals surface area contributed by atoms with Gasteiger partial charge in [0.2, 0.25) is 0 Å². The van der Waals surface area contributed by atoms with Gasteiger partial charge in [0.25, 0.3) is 0 Å². The number of rotatable bonds is 5. The minimum atomic E-state index is 0.676. The van der Waals surface area contributed by atoms with Crippen LogP contribution in [0.4, 0.5) is 10.9 Å². The highest BCUT2D eigenvalue weighted by Crippen LogP contribution is 2.26. The summed E-state index contributed by atoms with van der Waals surface area (Å²) in [6.07, 6.45) is 0.837. The Balaban J connectivity index is 1.82. The average molecular weight is 319 g/mol. The molecule has 0 aliphatic carbocycles. The molecule has 0 unspecified atom stereocenters. The predicted molar refractivity (Wildman–Crippen MR) is 90.6 cm³/mol. The SMILES string of the molecule is CCc1nc(NCc2csc(N(C)C)n2)c2ccsc2n1. The molecule has 0 spiro atoms. The smallest absolute Gasteiger partial charge is 0.185 e. The average Bonchev–Trinajstić information content (AvgIpc) is 3.13. The van der Waals surface area contributed by atoms with Crippen LogP contribution in [0.1, 0.15) is 18.4 Å². The molecule has 3 rings (SSSR count). The highest BCUT2D eigenvalue weighted by molar-refractivity contribution is 7.16. The highest BCUT2D eigenvalue weighted by atomic mass is 32.1. The van der Waals surface area contributed by atoms with Crippen molar-refractivity contribution in [1.82, 2.24) is 15.0 Å². The number of aromatic nitrogens is 3. The molecule has 1 N–H and O–H groups in total. The molecule has 0 atom stereocenters. The van der Waals surface area contributed by atoms with E-state index >= 15 is 0 Å². The number of fused-ring (bicyclic) bond motifs is 1. The number of hydrogen-bond acceptors (Lipinski definition) is 7. The van der Waals surface area contributed by atoms with Gasteiger partial charge < -0.3 is 10.2 Å². The Kier molecular flexibility index (Phi) is 4.03. The fourth-order valence-corrected chi connectivity index (χ4v) is 3.49. The number of nitrogens with one attached hydrogen (secondary N) is 1. The van der Waals surface area contributed by atoms with E-state index in [0.29, 0.717) is 6.54 Å². The Hall–Kier alpha value is -1.73.